The Morgan fingerprint density at radius 2 is 1.97 bits per heavy atom. The molecule has 1 amide bonds. The Balaban J connectivity index is 0.000000339. The molecule has 172 valence electrons. The van der Waals surface area contributed by atoms with E-state index in [1.807, 2.05) is 19.3 Å². The minimum absolute atomic E-state index is 0.108. The Hall–Kier alpha value is -2.27. The molecule has 1 unspecified atom stereocenters. The minimum atomic E-state index is -5.08. The van der Waals surface area contributed by atoms with E-state index in [0.717, 1.165) is 24.0 Å². The van der Waals surface area contributed by atoms with Gasteiger partial charge in [0, 0.05) is 25.4 Å². The second-order valence-electron chi connectivity index (χ2n) is 8.26. The van der Waals surface area contributed by atoms with Crippen molar-refractivity contribution in [1.82, 2.24) is 9.88 Å². The van der Waals surface area contributed by atoms with E-state index in [4.69, 9.17) is 19.4 Å². The van der Waals surface area contributed by atoms with Crippen molar-refractivity contribution in [2.45, 2.75) is 62.8 Å². The summed E-state index contributed by atoms with van der Waals surface area (Å²) >= 11 is 0. The molecule has 1 aromatic heterocycles. The number of nitrogens with zero attached hydrogens (tertiary/aromatic N) is 2. The molecular weight excluding hydrogens is 424 g/mol. The number of pyridine rings is 1. The van der Waals surface area contributed by atoms with Crippen LogP contribution < -0.4 is 0 Å². The van der Waals surface area contributed by atoms with Crippen molar-refractivity contribution in [3.8, 4) is 0 Å². The first-order valence-electron chi connectivity index (χ1n) is 9.87. The van der Waals surface area contributed by atoms with Crippen LogP contribution in [0.5, 0.6) is 0 Å². The molecule has 0 bridgehead atoms. The second kappa shape index (κ2) is 8.70. The number of alkyl halides is 4. The van der Waals surface area contributed by atoms with Crippen molar-refractivity contribution < 1.29 is 41.7 Å². The molecule has 2 aliphatic heterocycles. The molecule has 2 saturated heterocycles. The van der Waals surface area contributed by atoms with Crippen LogP contribution in [0.4, 0.5) is 17.6 Å². The van der Waals surface area contributed by atoms with Crippen molar-refractivity contribution in [2.75, 3.05) is 19.7 Å². The quantitative estimate of drug-likeness (QED) is 0.713. The Labute approximate surface area is 176 Å². The summed E-state index contributed by atoms with van der Waals surface area (Å²) in [5, 5.41) is 7.12. The van der Waals surface area contributed by atoms with Crippen LogP contribution in [0.1, 0.15) is 36.8 Å². The summed E-state index contributed by atoms with van der Waals surface area (Å²) in [4.78, 5) is 26.7. The van der Waals surface area contributed by atoms with Crippen LogP contribution in [0.2, 0.25) is 0 Å². The first-order chi connectivity index (χ1) is 14.4. The predicted octanol–water partition coefficient (Wildman–Crippen LogP) is 2.80. The number of rotatable bonds is 4. The van der Waals surface area contributed by atoms with Crippen molar-refractivity contribution in [1.29, 1.82) is 0 Å². The highest BCUT2D eigenvalue weighted by atomic mass is 19.4. The number of carboxylic acids is 1. The average molecular weight is 448 g/mol. The number of aliphatic carboxylic acids is 1. The fourth-order valence-corrected chi connectivity index (χ4v) is 3.66. The van der Waals surface area contributed by atoms with Gasteiger partial charge in [-0.1, -0.05) is 6.07 Å². The maximum absolute atomic E-state index is 13.9. The van der Waals surface area contributed by atoms with Gasteiger partial charge in [-0.15, -0.1) is 0 Å². The topological polar surface area (TPSA) is 89.0 Å². The molecule has 0 aromatic carbocycles. The van der Waals surface area contributed by atoms with Crippen LogP contribution >= 0.6 is 0 Å². The number of ether oxygens (including phenoxy) is 2. The monoisotopic (exact) mass is 448 g/mol. The molecule has 31 heavy (non-hydrogen) atoms. The Kier molecular flexibility index (Phi) is 6.56. The third-order valence-electron chi connectivity index (χ3n) is 5.43. The zero-order valence-corrected chi connectivity index (χ0v) is 17.0. The minimum Gasteiger partial charge on any atom is -0.475 e. The summed E-state index contributed by atoms with van der Waals surface area (Å²) in [6, 6.07) is 2.07. The number of aromatic nitrogens is 1. The molecule has 3 aliphatic rings. The molecule has 7 nitrogen and oxygen atoms in total. The normalized spacial score (nSPS) is 23.4. The fourth-order valence-electron chi connectivity index (χ4n) is 3.66. The Morgan fingerprint density at radius 1 is 1.32 bits per heavy atom. The Bertz CT molecular complexity index is 822. The smallest absolute Gasteiger partial charge is 0.475 e. The van der Waals surface area contributed by atoms with Gasteiger partial charge in [0.05, 0.1) is 25.8 Å². The van der Waals surface area contributed by atoms with Crippen molar-refractivity contribution in [2.24, 2.45) is 0 Å². The van der Waals surface area contributed by atoms with Crippen molar-refractivity contribution in [3.63, 3.8) is 0 Å². The number of amides is 1. The lowest BCUT2D eigenvalue weighted by Gasteiger charge is -2.53. The highest BCUT2D eigenvalue weighted by molar-refractivity contribution is 5.88. The molecule has 1 saturated carbocycles. The number of carbonyl (C=O) groups excluding carboxylic acids is 1. The largest absolute Gasteiger partial charge is 0.490 e. The van der Waals surface area contributed by atoms with E-state index in [9.17, 15) is 22.4 Å². The number of halogens is 4. The summed E-state index contributed by atoms with van der Waals surface area (Å²) in [7, 11) is 0. The number of aryl methyl sites for hydroxylation is 1. The Morgan fingerprint density at radius 3 is 2.52 bits per heavy atom. The van der Waals surface area contributed by atoms with E-state index in [2.05, 4.69) is 11.1 Å². The molecule has 1 N–H and O–H groups in total. The first-order valence-corrected chi connectivity index (χ1v) is 9.87. The maximum atomic E-state index is 13.9. The molecule has 3 fully saturated rings. The summed E-state index contributed by atoms with van der Waals surface area (Å²) in [6.07, 6.45) is 1.01. The molecule has 3 heterocycles. The molecule has 1 aliphatic carbocycles. The van der Waals surface area contributed by atoms with Crippen molar-refractivity contribution >= 4 is 11.9 Å². The van der Waals surface area contributed by atoms with Gasteiger partial charge in [0.25, 0.3) is 5.91 Å². The van der Waals surface area contributed by atoms with Gasteiger partial charge in [-0.05, 0) is 37.3 Å². The molecule has 1 atom stereocenters. The fraction of sp³-hybridized carbons (Fsp3) is 0.650. The zero-order valence-electron chi connectivity index (χ0n) is 17.0. The molecule has 11 heteroatoms. The van der Waals surface area contributed by atoms with E-state index in [0.29, 0.717) is 39.1 Å². The van der Waals surface area contributed by atoms with Gasteiger partial charge in [-0.3, -0.25) is 9.78 Å². The standard InChI is InChI=1S/C18H23FN2O3.C2HF3O2/c1-13-6-14(9-20-8-13)10-23-15-2-5-24-17(7-15)11-21(12-17)16(22)18(19)3-4-18;3-2(4,5)1(6)7/h6,8-9,15H,2-5,7,10-12H2,1H3;(H,6,7). The third-order valence-corrected chi connectivity index (χ3v) is 5.43. The summed E-state index contributed by atoms with van der Waals surface area (Å²) in [6.45, 7) is 4.15. The van der Waals surface area contributed by atoms with Gasteiger partial charge >= 0.3 is 12.1 Å². The van der Waals surface area contributed by atoms with Crippen LogP contribution in [0, 0.1) is 6.92 Å². The lowest BCUT2D eigenvalue weighted by Crippen LogP contribution is -2.68. The molecule has 1 spiro atoms. The summed E-state index contributed by atoms with van der Waals surface area (Å²) in [5.74, 6) is -3.11. The lowest BCUT2D eigenvalue weighted by atomic mass is 9.84. The highest BCUT2D eigenvalue weighted by Gasteiger charge is 2.58. The van der Waals surface area contributed by atoms with Crippen molar-refractivity contribution in [3.05, 3.63) is 29.6 Å². The number of carboxylic acid groups (broad SMARTS) is 1. The summed E-state index contributed by atoms with van der Waals surface area (Å²) in [5.41, 5.74) is 0.265. The van der Waals surface area contributed by atoms with Gasteiger partial charge in [0.1, 0.15) is 5.60 Å². The number of hydrogen-bond donors (Lipinski definition) is 1. The number of hydrogen-bond acceptors (Lipinski definition) is 5. The highest BCUT2D eigenvalue weighted by Crippen LogP contribution is 2.45. The van der Waals surface area contributed by atoms with Crippen LogP contribution in [-0.4, -0.2) is 70.1 Å². The predicted molar refractivity (Wildman–Crippen MR) is 98.8 cm³/mol. The maximum Gasteiger partial charge on any atom is 0.490 e. The SMILES string of the molecule is Cc1cncc(COC2CCOC3(C2)CN(C(=O)C2(F)CC2)C3)c1.O=C(O)C(F)(F)F. The van der Waals surface area contributed by atoms with Gasteiger partial charge < -0.3 is 19.5 Å². The molecular formula is C20H24F4N2O5. The van der Waals surface area contributed by atoms with Gasteiger partial charge in [0.15, 0.2) is 5.67 Å². The van der Waals surface area contributed by atoms with Crippen LogP contribution in [0.15, 0.2) is 18.5 Å². The zero-order chi connectivity index (χ0) is 22.9. The second-order valence-corrected chi connectivity index (χ2v) is 8.26. The van der Waals surface area contributed by atoms with E-state index in [1.54, 1.807) is 4.90 Å². The number of likely N-dealkylation sites (tertiary alicyclic amines) is 1. The number of carbonyl (C=O) groups is 2. The van der Waals surface area contributed by atoms with Gasteiger partial charge in [0.2, 0.25) is 0 Å². The molecule has 1 aromatic rings. The molecule has 0 radical (unpaired) electrons. The lowest BCUT2D eigenvalue weighted by molar-refractivity contribution is -0.205. The van der Waals surface area contributed by atoms with Gasteiger partial charge in [-0.25, -0.2) is 9.18 Å². The van der Waals surface area contributed by atoms with E-state index in [-0.39, 0.29) is 17.6 Å². The first kappa shape index (κ1) is 23.4. The van der Waals surface area contributed by atoms with E-state index >= 15 is 0 Å². The molecule has 4 rings (SSSR count). The van der Waals surface area contributed by atoms with Crippen LogP contribution in [0.3, 0.4) is 0 Å². The van der Waals surface area contributed by atoms with Crippen LogP contribution in [0.25, 0.3) is 0 Å². The summed E-state index contributed by atoms with van der Waals surface area (Å²) < 4.78 is 57.6. The van der Waals surface area contributed by atoms with E-state index in [1.165, 1.54) is 0 Å². The third kappa shape index (κ3) is 5.91. The van der Waals surface area contributed by atoms with E-state index < -0.39 is 17.8 Å². The van der Waals surface area contributed by atoms with Gasteiger partial charge in [-0.2, -0.15) is 13.2 Å². The average Bonchev–Trinajstić information content (AvgIpc) is 3.42. The van der Waals surface area contributed by atoms with Crippen LogP contribution in [-0.2, 0) is 25.7 Å².